The van der Waals surface area contributed by atoms with Gasteiger partial charge in [0.25, 0.3) is 0 Å². The van der Waals surface area contributed by atoms with E-state index in [9.17, 15) is 13.2 Å². The molecule has 2 aromatic carbocycles. The lowest BCUT2D eigenvalue weighted by atomic mass is 9.91. The number of likely N-dealkylation sites (tertiary alicyclic amines) is 1. The highest BCUT2D eigenvalue weighted by atomic mass is 32.2. The fraction of sp³-hybridized carbons (Fsp3) is 0.556. The van der Waals surface area contributed by atoms with Crippen LogP contribution in [-0.4, -0.2) is 50.2 Å². The molecule has 36 heavy (non-hydrogen) atoms. The number of quaternary nitrogens is 1. The summed E-state index contributed by atoms with van der Waals surface area (Å²) in [7, 11) is 0. The number of hydrogen-bond acceptors (Lipinski definition) is 5. The molecule has 2 unspecified atom stereocenters. The van der Waals surface area contributed by atoms with Crippen LogP contribution >= 0.6 is 11.8 Å². The zero-order valence-corrected chi connectivity index (χ0v) is 21.9. The molecule has 2 fully saturated rings. The van der Waals surface area contributed by atoms with Crippen LogP contribution in [0.25, 0.3) is 0 Å². The lowest BCUT2D eigenvalue weighted by molar-refractivity contribution is -0.369. The number of piperidine rings is 2. The molecule has 0 spiro atoms. The van der Waals surface area contributed by atoms with Crippen LogP contribution in [0, 0.1) is 11.8 Å². The van der Waals surface area contributed by atoms with Gasteiger partial charge in [-0.3, -0.25) is 4.90 Å². The molecular weight excluding hydrogens is 483 g/mol. The third kappa shape index (κ3) is 5.58. The van der Waals surface area contributed by atoms with Gasteiger partial charge in [-0.2, -0.15) is 13.2 Å². The van der Waals surface area contributed by atoms with Gasteiger partial charge in [-0.1, -0.05) is 25.6 Å². The topological polar surface area (TPSA) is 58.2 Å². The molecule has 5 nitrogen and oxygen atoms in total. The molecule has 0 aliphatic carbocycles. The summed E-state index contributed by atoms with van der Waals surface area (Å²) < 4.78 is 41.4. The number of fused-ring (bicyclic) bond motifs is 2. The van der Waals surface area contributed by atoms with Gasteiger partial charge in [-0.15, -0.1) is 0 Å². The Kier molecular flexibility index (Phi) is 7.34. The minimum atomic E-state index is -4.39. The summed E-state index contributed by atoms with van der Waals surface area (Å²) in [5.74, 6) is 1.29. The van der Waals surface area contributed by atoms with Gasteiger partial charge in [-0.05, 0) is 61.4 Å². The van der Waals surface area contributed by atoms with Crippen LogP contribution in [0.5, 0.6) is 0 Å². The second-order valence-corrected chi connectivity index (χ2v) is 11.9. The van der Waals surface area contributed by atoms with Crippen LogP contribution in [-0.2, 0) is 6.18 Å². The Morgan fingerprint density at radius 2 is 1.78 bits per heavy atom. The first-order valence-electron chi connectivity index (χ1n) is 13.1. The Morgan fingerprint density at radius 3 is 2.44 bits per heavy atom. The van der Waals surface area contributed by atoms with E-state index in [0.717, 1.165) is 68.4 Å². The maximum Gasteiger partial charge on any atom is 0.416 e. The summed E-state index contributed by atoms with van der Waals surface area (Å²) in [6, 6.07) is 9.01. The van der Waals surface area contributed by atoms with Crippen LogP contribution in [0.2, 0.25) is 0 Å². The molecule has 0 aromatic heterocycles. The number of anilines is 4. The average Bonchev–Trinajstić information content (AvgIpc) is 2.82. The highest BCUT2D eigenvalue weighted by molar-refractivity contribution is 7.99. The van der Waals surface area contributed by atoms with E-state index >= 15 is 0 Å². The number of nitrogens with zero attached hydrogens (tertiary/aromatic N) is 2. The molecule has 196 valence electrons. The number of nitrogens with one attached hydrogen (secondary N) is 2. The molecule has 3 heterocycles. The highest BCUT2D eigenvalue weighted by Gasteiger charge is 2.34. The summed E-state index contributed by atoms with van der Waals surface area (Å²) in [6.07, 6.45) is -1.34. The van der Waals surface area contributed by atoms with Crippen LogP contribution in [0.1, 0.15) is 38.7 Å². The summed E-state index contributed by atoms with van der Waals surface area (Å²) >= 11 is 1.42. The quantitative estimate of drug-likeness (QED) is 0.414. The van der Waals surface area contributed by atoms with E-state index in [-0.39, 0.29) is 6.04 Å². The smallest absolute Gasteiger partial charge is 0.380 e. The first-order chi connectivity index (χ1) is 17.2. The molecule has 2 atom stereocenters. The molecule has 0 saturated carbocycles. The largest absolute Gasteiger partial charge is 0.416 e. The number of benzene rings is 2. The predicted octanol–water partition coefficient (Wildman–Crippen LogP) is 5.51. The molecule has 3 aliphatic rings. The van der Waals surface area contributed by atoms with Crippen molar-refractivity contribution in [3.8, 4) is 0 Å². The van der Waals surface area contributed by atoms with Gasteiger partial charge in [0.1, 0.15) is 0 Å². The fourth-order valence-electron chi connectivity index (χ4n) is 5.88. The van der Waals surface area contributed by atoms with E-state index in [0.29, 0.717) is 22.4 Å². The van der Waals surface area contributed by atoms with Crippen LogP contribution in [0.15, 0.2) is 40.1 Å². The van der Waals surface area contributed by atoms with Crippen molar-refractivity contribution in [3.05, 3.63) is 35.9 Å². The number of alkyl halides is 3. The zero-order chi connectivity index (χ0) is 25.4. The number of hydrogen-bond donors (Lipinski definition) is 3. The van der Waals surface area contributed by atoms with Crippen molar-refractivity contribution in [2.75, 3.05) is 54.8 Å². The lowest BCUT2D eigenvalue weighted by Gasteiger charge is -2.37. The summed E-state index contributed by atoms with van der Waals surface area (Å²) in [6.45, 7) is 10.4. The third-order valence-corrected chi connectivity index (χ3v) is 8.65. The lowest BCUT2D eigenvalue weighted by Crippen LogP contribution is -2.56. The molecule has 5 N–H and O–H groups in total. The van der Waals surface area contributed by atoms with Gasteiger partial charge in [-0.25, -0.2) is 0 Å². The van der Waals surface area contributed by atoms with Gasteiger partial charge in [0, 0.05) is 54.2 Å². The van der Waals surface area contributed by atoms with Gasteiger partial charge >= 0.3 is 6.18 Å². The Bertz CT molecular complexity index is 1070. The van der Waals surface area contributed by atoms with Crippen molar-refractivity contribution in [1.82, 2.24) is 4.90 Å². The highest BCUT2D eigenvalue weighted by Crippen LogP contribution is 2.50. The molecule has 3 aliphatic heterocycles. The minimum Gasteiger partial charge on any atom is -0.380 e. The van der Waals surface area contributed by atoms with E-state index in [4.69, 9.17) is 0 Å². The number of halogens is 3. The van der Waals surface area contributed by atoms with Crippen molar-refractivity contribution < 1.29 is 18.9 Å². The van der Waals surface area contributed by atoms with E-state index in [1.165, 1.54) is 36.0 Å². The van der Waals surface area contributed by atoms with Crippen LogP contribution < -0.4 is 21.3 Å². The Balaban J connectivity index is 1.41. The molecule has 5 rings (SSSR count). The molecule has 0 radical (unpaired) electrons. The van der Waals surface area contributed by atoms with Gasteiger partial charge in [0.2, 0.25) is 0 Å². The first-order valence-corrected chi connectivity index (χ1v) is 13.9. The van der Waals surface area contributed by atoms with Crippen molar-refractivity contribution in [1.29, 1.82) is 0 Å². The summed E-state index contributed by atoms with van der Waals surface area (Å²) in [5.41, 5.74) is 6.74. The Labute approximate surface area is 216 Å². The van der Waals surface area contributed by atoms with Gasteiger partial charge in [0.15, 0.2) is 0 Å². The van der Waals surface area contributed by atoms with E-state index < -0.39 is 11.7 Å². The van der Waals surface area contributed by atoms with Crippen molar-refractivity contribution >= 4 is 34.5 Å². The predicted molar refractivity (Wildman–Crippen MR) is 141 cm³/mol. The average molecular weight is 521 g/mol. The molecule has 2 saturated heterocycles. The number of rotatable bonds is 5. The second-order valence-electron chi connectivity index (χ2n) is 10.8. The van der Waals surface area contributed by atoms with Crippen LogP contribution in [0.4, 0.5) is 35.9 Å². The van der Waals surface area contributed by atoms with Crippen LogP contribution in [0.3, 0.4) is 0 Å². The molecule has 2 aromatic rings. The standard InChI is InChI=1S/C27H36F3N5S/c1-17-11-18(2)16-35(15-17)21-3-4-24-22(14-21)33-26-23(12-19(27(28,29)30)13-25(26)36-24)32-20-5-8-34(9-6-20)10-7-31/h3-4,12-14,17-18,20,32-33H,5-11,15-16,31H2,1-2H3/p+1. The SMILES string of the molecule is CC1CC(C)CN(c2ccc3c(c2)Nc2c(NC4CCN(CC[NH3+])CC4)cc(C(F)(F)F)cc2S3)C1. The molecule has 9 heteroatoms. The Morgan fingerprint density at radius 1 is 1.06 bits per heavy atom. The third-order valence-electron chi connectivity index (χ3n) is 7.53. The first kappa shape index (κ1) is 25.5. The maximum absolute atomic E-state index is 13.8. The fourth-order valence-corrected chi connectivity index (χ4v) is 6.92. The van der Waals surface area contributed by atoms with Crippen molar-refractivity contribution in [2.45, 2.75) is 55.1 Å². The van der Waals surface area contributed by atoms with E-state index in [2.05, 4.69) is 52.1 Å². The van der Waals surface area contributed by atoms with Gasteiger partial charge in [0.05, 0.1) is 29.2 Å². The second kappa shape index (κ2) is 10.3. The van der Waals surface area contributed by atoms with Crippen molar-refractivity contribution in [2.24, 2.45) is 11.8 Å². The zero-order valence-electron chi connectivity index (χ0n) is 21.1. The Hall–Kier alpha value is -2.10. The minimum absolute atomic E-state index is 0.148. The summed E-state index contributed by atoms with van der Waals surface area (Å²) in [5, 5.41) is 6.99. The van der Waals surface area contributed by atoms with E-state index in [1.54, 1.807) is 0 Å². The molecule has 0 amide bonds. The normalized spacial score (nSPS) is 23.1. The van der Waals surface area contributed by atoms with E-state index in [1.807, 2.05) is 6.07 Å². The van der Waals surface area contributed by atoms with Crippen molar-refractivity contribution in [3.63, 3.8) is 0 Å². The van der Waals surface area contributed by atoms with Gasteiger partial charge < -0.3 is 21.3 Å². The monoisotopic (exact) mass is 520 g/mol. The molecule has 0 bridgehead atoms. The maximum atomic E-state index is 13.8. The molecular formula is C27H37F3N5S+. The summed E-state index contributed by atoms with van der Waals surface area (Å²) in [4.78, 5) is 6.38.